The van der Waals surface area contributed by atoms with E-state index >= 15 is 0 Å². The minimum Gasteiger partial charge on any atom is -0.378 e. The number of hydrogen-bond donors (Lipinski definition) is 1. The molecule has 1 aliphatic rings. The summed E-state index contributed by atoms with van der Waals surface area (Å²) in [6, 6.07) is 7.97. The first-order chi connectivity index (χ1) is 10.1. The van der Waals surface area contributed by atoms with Gasteiger partial charge in [-0.1, -0.05) is 30.0 Å². The van der Waals surface area contributed by atoms with Gasteiger partial charge in [0.15, 0.2) is 5.17 Å². The van der Waals surface area contributed by atoms with Gasteiger partial charge in [-0.25, -0.2) is 0 Å². The van der Waals surface area contributed by atoms with Crippen LogP contribution >= 0.6 is 11.8 Å². The van der Waals surface area contributed by atoms with Crippen molar-refractivity contribution in [2.24, 2.45) is 10.2 Å². The average molecular weight is 302 g/mol. The molecule has 1 aromatic rings. The maximum atomic E-state index is 11.6. The quantitative estimate of drug-likeness (QED) is 0.515. The van der Waals surface area contributed by atoms with E-state index in [0.29, 0.717) is 11.6 Å². The molecule has 1 amide bonds. The molecular weight excluding hydrogens is 284 g/mol. The standard InChI is InChI=1S/C15H18N4OS/c1-4-5-13-14(20)17-15(21-13)18-16-10-11-6-8-12(9-7-11)19(2)3/h4,6-10,13H,1,5H2,2-3H3,(H,17,18,20)/b16-10-/t13-/m0/s1. The predicted octanol–water partition coefficient (Wildman–Crippen LogP) is 2.25. The summed E-state index contributed by atoms with van der Waals surface area (Å²) in [5.74, 6) is -0.0378. The van der Waals surface area contributed by atoms with Crippen LogP contribution in [0.1, 0.15) is 12.0 Å². The fourth-order valence-corrected chi connectivity index (χ4v) is 2.69. The fourth-order valence-electron chi connectivity index (χ4n) is 1.77. The molecule has 0 aromatic heterocycles. The van der Waals surface area contributed by atoms with Gasteiger partial charge in [-0.15, -0.1) is 11.7 Å². The van der Waals surface area contributed by atoms with Crippen molar-refractivity contribution in [1.29, 1.82) is 0 Å². The molecule has 0 saturated carbocycles. The Morgan fingerprint density at radius 1 is 1.38 bits per heavy atom. The first kappa shape index (κ1) is 15.3. The molecule has 21 heavy (non-hydrogen) atoms. The third-order valence-corrected chi connectivity index (χ3v) is 4.02. The van der Waals surface area contributed by atoms with E-state index in [1.165, 1.54) is 11.8 Å². The van der Waals surface area contributed by atoms with E-state index in [0.717, 1.165) is 11.3 Å². The third-order valence-electron chi connectivity index (χ3n) is 2.92. The number of nitrogens with one attached hydrogen (secondary N) is 1. The number of rotatable bonds is 5. The van der Waals surface area contributed by atoms with E-state index in [4.69, 9.17) is 0 Å². The molecule has 2 rings (SSSR count). The summed E-state index contributed by atoms with van der Waals surface area (Å²) >= 11 is 1.38. The molecule has 110 valence electrons. The maximum absolute atomic E-state index is 11.6. The third kappa shape index (κ3) is 4.19. The Kier molecular flexibility index (Phi) is 5.16. The van der Waals surface area contributed by atoms with Gasteiger partial charge in [0, 0.05) is 19.8 Å². The number of amides is 1. The molecule has 0 spiro atoms. The smallest absolute Gasteiger partial charge is 0.239 e. The SMILES string of the molecule is C=CC[C@@H]1S/C(=N\N=C/c2ccc(N(C)C)cc2)NC1=O. The summed E-state index contributed by atoms with van der Waals surface area (Å²) in [5, 5.41) is 11.1. The molecule has 1 fully saturated rings. The number of anilines is 1. The van der Waals surface area contributed by atoms with Crippen molar-refractivity contribution >= 4 is 34.7 Å². The first-order valence-electron chi connectivity index (χ1n) is 6.57. The first-order valence-corrected chi connectivity index (χ1v) is 7.45. The minimum atomic E-state index is -0.143. The maximum Gasteiger partial charge on any atom is 0.239 e. The second-order valence-corrected chi connectivity index (χ2v) is 5.95. The van der Waals surface area contributed by atoms with Gasteiger partial charge in [0.25, 0.3) is 0 Å². The number of amidine groups is 1. The predicted molar refractivity (Wildman–Crippen MR) is 90.1 cm³/mol. The molecule has 1 N–H and O–H groups in total. The number of hydrogen-bond acceptors (Lipinski definition) is 5. The van der Waals surface area contributed by atoms with Crippen LogP contribution in [-0.4, -0.2) is 36.6 Å². The summed E-state index contributed by atoms with van der Waals surface area (Å²) in [5.41, 5.74) is 2.09. The molecule has 0 unspecified atom stereocenters. The zero-order valence-corrected chi connectivity index (χ0v) is 12.9. The highest BCUT2D eigenvalue weighted by atomic mass is 32.2. The molecule has 1 atom stereocenters. The molecule has 1 aromatic carbocycles. The van der Waals surface area contributed by atoms with E-state index in [1.54, 1.807) is 12.3 Å². The number of carbonyl (C=O) groups excluding carboxylic acids is 1. The van der Waals surface area contributed by atoms with Crippen molar-refractivity contribution in [1.82, 2.24) is 5.32 Å². The van der Waals surface area contributed by atoms with Crippen molar-refractivity contribution in [3.8, 4) is 0 Å². The highest BCUT2D eigenvalue weighted by molar-refractivity contribution is 8.15. The van der Waals surface area contributed by atoms with Gasteiger partial charge >= 0.3 is 0 Å². The van der Waals surface area contributed by atoms with Gasteiger partial charge in [0.1, 0.15) is 0 Å². The Morgan fingerprint density at radius 3 is 2.71 bits per heavy atom. The van der Waals surface area contributed by atoms with Crippen molar-refractivity contribution in [3.63, 3.8) is 0 Å². The second kappa shape index (κ2) is 7.08. The van der Waals surface area contributed by atoms with E-state index in [1.807, 2.05) is 43.3 Å². The van der Waals surface area contributed by atoms with Crippen LogP contribution in [0.4, 0.5) is 5.69 Å². The summed E-state index contributed by atoms with van der Waals surface area (Å²) in [4.78, 5) is 13.6. The van der Waals surface area contributed by atoms with E-state index in [2.05, 4.69) is 22.1 Å². The Bertz CT molecular complexity index is 578. The molecule has 0 aliphatic carbocycles. The van der Waals surface area contributed by atoms with Gasteiger partial charge in [-0.3, -0.25) is 4.79 Å². The van der Waals surface area contributed by atoms with Crippen molar-refractivity contribution in [2.45, 2.75) is 11.7 Å². The lowest BCUT2D eigenvalue weighted by Crippen LogP contribution is -2.24. The number of nitrogens with zero attached hydrogens (tertiary/aromatic N) is 3. The molecule has 0 bridgehead atoms. The summed E-state index contributed by atoms with van der Waals surface area (Å²) in [6.45, 7) is 3.64. The van der Waals surface area contributed by atoms with Gasteiger partial charge in [-0.2, -0.15) is 5.10 Å². The Hall–Kier alpha value is -2.08. The van der Waals surface area contributed by atoms with Gasteiger partial charge in [0.05, 0.1) is 11.5 Å². The molecule has 5 nitrogen and oxygen atoms in total. The van der Waals surface area contributed by atoms with Crippen molar-refractivity contribution in [3.05, 3.63) is 42.5 Å². The normalized spacial score (nSPS) is 20.0. The zero-order chi connectivity index (χ0) is 15.2. The number of thioether (sulfide) groups is 1. The molecule has 0 radical (unpaired) electrons. The van der Waals surface area contributed by atoms with E-state index in [9.17, 15) is 4.79 Å². The van der Waals surface area contributed by atoms with Crippen molar-refractivity contribution in [2.75, 3.05) is 19.0 Å². The minimum absolute atomic E-state index is 0.0378. The molecule has 1 heterocycles. The Balaban J connectivity index is 1.97. The molecule has 1 saturated heterocycles. The highest BCUT2D eigenvalue weighted by Gasteiger charge is 2.28. The van der Waals surface area contributed by atoms with Crippen LogP contribution in [0, 0.1) is 0 Å². The van der Waals surface area contributed by atoms with Crippen LogP contribution in [0.5, 0.6) is 0 Å². The number of allylic oxidation sites excluding steroid dienone is 1. The van der Waals surface area contributed by atoms with E-state index in [-0.39, 0.29) is 11.2 Å². The van der Waals surface area contributed by atoms with Gasteiger partial charge in [-0.05, 0) is 24.1 Å². The lowest BCUT2D eigenvalue weighted by molar-refractivity contribution is -0.118. The molecular formula is C15H18N4OS. The largest absolute Gasteiger partial charge is 0.378 e. The van der Waals surface area contributed by atoms with Crippen LogP contribution in [0.2, 0.25) is 0 Å². The van der Waals surface area contributed by atoms with Crippen LogP contribution < -0.4 is 10.2 Å². The Labute approximate surface area is 128 Å². The van der Waals surface area contributed by atoms with Crippen LogP contribution in [0.3, 0.4) is 0 Å². The van der Waals surface area contributed by atoms with Crippen LogP contribution in [0.25, 0.3) is 0 Å². The van der Waals surface area contributed by atoms with Crippen LogP contribution in [-0.2, 0) is 4.79 Å². The second-order valence-electron chi connectivity index (χ2n) is 4.76. The highest BCUT2D eigenvalue weighted by Crippen LogP contribution is 2.22. The molecule has 6 heteroatoms. The lowest BCUT2D eigenvalue weighted by atomic mass is 10.2. The average Bonchev–Trinajstić information content (AvgIpc) is 2.80. The van der Waals surface area contributed by atoms with Gasteiger partial charge in [0.2, 0.25) is 5.91 Å². The van der Waals surface area contributed by atoms with Gasteiger partial charge < -0.3 is 10.2 Å². The summed E-state index contributed by atoms with van der Waals surface area (Å²) in [6.07, 6.45) is 4.03. The fraction of sp³-hybridized carbons (Fsp3) is 0.267. The lowest BCUT2D eigenvalue weighted by Gasteiger charge is -2.11. The Morgan fingerprint density at radius 2 is 2.10 bits per heavy atom. The topological polar surface area (TPSA) is 57.1 Å². The zero-order valence-electron chi connectivity index (χ0n) is 12.1. The summed E-state index contributed by atoms with van der Waals surface area (Å²) in [7, 11) is 3.99. The number of carbonyl (C=O) groups is 1. The van der Waals surface area contributed by atoms with Crippen molar-refractivity contribution < 1.29 is 4.79 Å². The monoisotopic (exact) mass is 302 g/mol. The van der Waals surface area contributed by atoms with E-state index < -0.39 is 0 Å². The summed E-state index contributed by atoms with van der Waals surface area (Å²) < 4.78 is 0. The number of benzene rings is 1. The van der Waals surface area contributed by atoms with Crippen LogP contribution in [0.15, 0.2) is 47.1 Å². The molecule has 1 aliphatic heterocycles.